The van der Waals surface area contributed by atoms with Crippen LogP contribution >= 0.6 is 23.2 Å². The van der Waals surface area contributed by atoms with Crippen LogP contribution in [0.1, 0.15) is 30.4 Å². The van der Waals surface area contributed by atoms with Gasteiger partial charge in [0.05, 0.1) is 40.9 Å². The summed E-state index contributed by atoms with van der Waals surface area (Å²) < 4.78 is 33.2. The number of anilines is 2. The van der Waals surface area contributed by atoms with Crippen LogP contribution < -0.4 is 26.0 Å². The number of pyridine rings is 3. The first-order chi connectivity index (χ1) is 21.9. The van der Waals surface area contributed by atoms with E-state index >= 15 is 4.39 Å². The summed E-state index contributed by atoms with van der Waals surface area (Å²) in [5.41, 5.74) is 3.84. The third kappa shape index (κ3) is 7.85. The SMILES string of the molecule is COc1nc(-c2ccnc(-c3cccc(Nc4nccc(CNCCCF)c4F)c3Cl)c2Cl)ccc1CNC[C@@H]1CCC(=O)N1. The van der Waals surface area contributed by atoms with Crippen molar-refractivity contribution in [3.63, 3.8) is 0 Å². The van der Waals surface area contributed by atoms with Crippen molar-refractivity contribution in [1.29, 1.82) is 0 Å². The van der Waals surface area contributed by atoms with Gasteiger partial charge in [0.15, 0.2) is 11.6 Å². The maximum Gasteiger partial charge on any atom is 0.220 e. The smallest absolute Gasteiger partial charge is 0.220 e. The molecule has 1 amide bonds. The number of rotatable bonds is 14. The average Bonchev–Trinajstić information content (AvgIpc) is 3.47. The van der Waals surface area contributed by atoms with Crippen LogP contribution in [-0.2, 0) is 17.9 Å². The minimum absolute atomic E-state index is 0.00511. The molecule has 9 nitrogen and oxygen atoms in total. The average molecular weight is 657 g/mol. The normalized spacial score (nSPS) is 14.4. The third-order valence-corrected chi connectivity index (χ3v) is 8.16. The van der Waals surface area contributed by atoms with Crippen LogP contribution in [0.15, 0.2) is 54.9 Å². The van der Waals surface area contributed by atoms with E-state index in [9.17, 15) is 9.18 Å². The summed E-state index contributed by atoms with van der Waals surface area (Å²) in [5.74, 6) is -0.00139. The minimum Gasteiger partial charge on any atom is -0.481 e. The molecule has 4 N–H and O–H groups in total. The molecule has 1 aliphatic rings. The quantitative estimate of drug-likeness (QED) is 0.118. The molecule has 45 heavy (non-hydrogen) atoms. The van der Waals surface area contributed by atoms with Gasteiger partial charge in [-0.25, -0.2) is 14.4 Å². The second-order valence-corrected chi connectivity index (χ2v) is 11.2. The fourth-order valence-electron chi connectivity index (χ4n) is 5.03. The van der Waals surface area contributed by atoms with Gasteiger partial charge in [-0.3, -0.25) is 14.2 Å². The van der Waals surface area contributed by atoms with Crippen LogP contribution in [-0.4, -0.2) is 53.8 Å². The van der Waals surface area contributed by atoms with E-state index in [1.807, 2.05) is 12.1 Å². The number of ether oxygens (including phenoxy) is 1. The van der Waals surface area contributed by atoms with Crippen LogP contribution in [0.25, 0.3) is 22.5 Å². The standard InChI is InChI=1S/C32H33Cl2F2N7O2/c1-45-32-20(17-38-18-21-7-9-26(44)41-21)6-8-24(43-32)22-11-15-39-30(28(22)34)23-4-2-5-25(27(23)33)42-31-29(36)19(10-14-40-31)16-37-13-3-12-35/h2,4-6,8,10-11,14-15,21,37-38H,3,7,9,12-13,16-18H2,1H3,(H,40,42)(H,41,44)/t21-/m0/s1. The van der Waals surface area contributed by atoms with Gasteiger partial charge in [-0.15, -0.1) is 0 Å². The molecule has 0 radical (unpaired) electrons. The number of nitrogens with one attached hydrogen (secondary N) is 4. The van der Waals surface area contributed by atoms with E-state index in [1.54, 1.807) is 43.6 Å². The molecule has 0 bridgehead atoms. The van der Waals surface area contributed by atoms with Gasteiger partial charge in [-0.05, 0) is 43.7 Å². The fraction of sp³-hybridized carbons (Fsp3) is 0.312. The van der Waals surface area contributed by atoms with Crippen molar-refractivity contribution in [2.75, 3.05) is 32.2 Å². The molecule has 5 rings (SSSR count). The van der Waals surface area contributed by atoms with E-state index in [0.717, 1.165) is 12.0 Å². The highest BCUT2D eigenvalue weighted by Crippen LogP contribution is 2.40. The van der Waals surface area contributed by atoms with Gasteiger partial charge in [-0.2, -0.15) is 0 Å². The molecule has 3 aromatic heterocycles. The number of carbonyl (C=O) groups excluding carboxylic acids is 1. The van der Waals surface area contributed by atoms with Gasteiger partial charge < -0.3 is 26.0 Å². The zero-order valence-electron chi connectivity index (χ0n) is 24.6. The molecule has 1 aromatic carbocycles. The summed E-state index contributed by atoms with van der Waals surface area (Å²) >= 11 is 13.7. The van der Waals surface area contributed by atoms with E-state index in [4.69, 9.17) is 32.9 Å². The summed E-state index contributed by atoms with van der Waals surface area (Å²) in [6.45, 7) is 1.40. The monoisotopic (exact) mass is 655 g/mol. The van der Waals surface area contributed by atoms with Gasteiger partial charge in [-0.1, -0.05) is 41.4 Å². The lowest BCUT2D eigenvalue weighted by Crippen LogP contribution is -2.35. The largest absolute Gasteiger partial charge is 0.481 e. The number of hydrogen-bond donors (Lipinski definition) is 4. The second kappa shape index (κ2) is 15.4. The maximum absolute atomic E-state index is 15.2. The van der Waals surface area contributed by atoms with Crippen molar-refractivity contribution < 1.29 is 18.3 Å². The zero-order valence-corrected chi connectivity index (χ0v) is 26.1. The molecular weight excluding hydrogens is 623 g/mol. The Morgan fingerprint density at radius 1 is 1.00 bits per heavy atom. The molecule has 0 saturated carbocycles. The van der Waals surface area contributed by atoms with Gasteiger partial charge in [0.25, 0.3) is 0 Å². The fourth-order valence-corrected chi connectivity index (χ4v) is 5.61. The number of carbonyl (C=O) groups is 1. The molecule has 4 heterocycles. The van der Waals surface area contributed by atoms with Crippen LogP contribution in [0.5, 0.6) is 5.88 Å². The Balaban J connectivity index is 1.35. The topological polar surface area (TPSA) is 113 Å². The van der Waals surface area contributed by atoms with Gasteiger partial charge in [0.2, 0.25) is 11.8 Å². The summed E-state index contributed by atoms with van der Waals surface area (Å²) in [5, 5.41) is 12.9. The minimum atomic E-state index is -0.533. The number of aromatic nitrogens is 3. The first-order valence-corrected chi connectivity index (χ1v) is 15.3. The van der Waals surface area contributed by atoms with Crippen molar-refractivity contribution in [2.45, 2.75) is 38.4 Å². The first-order valence-electron chi connectivity index (χ1n) is 14.5. The summed E-state index contributed by atoms with van der Waals surface area (Å²) in [6, 6.07) is 12.5. The molecule has 0 spiro atoms. The molecule has 1 atom stereocenters. The Morgan fingerprint density at radius 3 is 2.60 bits per heavy atom. The summed E-state index contributed by atoms with van der Waals surface area (Å²) in [7, 11) is 1.56. The van der Waals surface area contributed by atoms with Crippen molar-refractivity contribution in [3.8, 4) is 28.4 Å². The van der Waals surface area contributed by atoms with E-state index in [0.29, 0.717) is 77.1 Å². The first kappa shape index (κ1) is 32.5. The molecular formula is C32H33Cl2F2N7O2. The Morgan fingerprint density at radius 2 is 1.82 bits per heavy atom. The number of benzene rings is 1. The lowest BCUT2D eigenvalue weighted by atomic mass is 10.1. The van der Waals surface area contributed by atoms with E-state index in [1.165, 1.54) is 6.20 Å². The third-order valence-electron chi connectivity index (χ3n) is 7.37. The highest BCUT2D eigenvalue weighted by molar-refractivity contribution is 6.39. The maximum atomic E-state index is 15.2. The lowest BCUT2D eigenvalue weighted by Gasteiger charge is -2.16. The molecule has 236 valence electrons. The van der Waals surface area contributed by atoms with E-state index < -0.39 is 12.5 Å². The summed E-state index contributed by atoms with van der Waals surface area (Å²) in [4.78, 5) is 24.8. The van der Waals surface area contributed by atoms with Crippen molar-refractivity contribution >= 4 is 40.6 Å². The number of amides is 1. The van der Waals surface area contributed by atoms with E-state index in [-0.39, 0.29) is 29.3 Å². The van der Waals surface area contributed by atoms with Crippen molar-refractivity contribution in [3.05, 3.63) is 81.8 Å². The molecule has 1 saturated heterocycles. The van der Waals surface area contributed by atoms with Crippen molar-refractivity contribution in [2.24, 2.45) is 0 Å². The van der Waals surface area contributed by atoms with Gasteiger partial charge in [0.1, 0.15) is 0 Å². The Kier molecular flexibility index (Phi) is 11.1. The number of nitrogens with zero attached hydrogens (tertiary/aromatic N) is 3. The predicted molar refractivity (Wildman–Crippen MR) is 172 cm³/mol. The molecule has 1 aliphatic heterocycles. The van der Waals surface area contributed by atoms with Crippen LogP contribution in [0, 0.1) is 5.82 Å². The van der Waals surface area contributed by atoms with Gasteiger partial charge >= 0.3 is 0 Å². The lowest BCUT2D eigenvalue weighted by molar-refractivity contribution is -0.119. The Bertz CT molecular complexity index is 1660. The Labute approximate surface area is 270 Å². The molecule has 0 unspecified atom stereocenters. The molecule has 4 aromatic rings. The summed E-state index contributed by atoms with van der Waals surface area (Å²) in [6.07, 6.45) is 4.84. The van der Waals surface area contributed by atoms with Crippen LogP contribution in [0.4, 0.5) is 20.3 Å². The highest BCUT2D eigenvalue weighted by atomic mass is 35.5. The number of halogens is 4. The van der Waals surface area contributed by atoms with E-state index in [2.05, 4.69) is 31.2 Å². The van der Waals surface area contributed by atoms with Crippen LogP contribution in [0.2, 0.25) is 10.0 Å². The number of alkyl halides is 1. The molecule has 0 aliphatic carbocycles. The van der Waals surface area contributed by atoms with Crippen molar-refractivity contribution in [1.82, 2.24) is 30.9 Å². The number of hydrogen-bond acceptors (Lipinski definition) is 8. The van der Waals surface area contributed by atoms with Crippen LogP contribution in [0.3, 0.4) is 0 Å². The second-order valence-electron chi connectivity index (χ2n) is 10.5. The van der Waals surface area contributed by atoms with Gasteiger partial charge in [0, 0.05) is 66.7 Å². The molecule has 1 fully saturated rings. The zero-order chi connectivity index (χ0) is 31.8. The predicted octanol–water partition coefficient (Wildman–Crippen LogP) is 6.22. The number of methoxy groups -OCH3 is 1. The highest BCUT2D eigenvalue weighted by Gasteiger charge is 2.21. The molecule has 13 heteroatoms. The Hall–Kier alpha value is -3.90.